The Labute approximate surface area is 122 Å². The van der Waals surface area contributed by atoms with Crippen molar-refractivity contribution in [2.75, 3.05) is 11.1 Å². The van der Waals surface area contributed by atoms with E-state index in [0.717, 1.165) is 5.56 Å². The second-order valence-electron chi connectivity index (χ2n) is 4.68. The molecule has 1 aromatic carbocycles. The van der Waals surface area contributed by atoms with Gasteiger partial charge < -0.3 is 5.32 Å². The zero-order valence-electron chi connectivity index (χ0n) is 10.6. The predicted octanol–water partition coefficient (Wildman–Crippen LogP) is 3.07. The molecule has 1 aliphatic heterocycles. The van der Waals surface area contributed by atoms with Gasteiger partial charge in [0.05, 0.1) is 22.4 Å². The van der Waals surface area contributed by atoms with Crippen LogP contribution in [0.25, 0.3) is 0 Å². The maximum Gasteiger partial charge on any atom is 0.178 e. The molecule has 2 aromatic rings. The molecule has 0 saturated carbocycles. The maximum atomic E-state index is 12.1. The molecule has 1 unspecified atom stereocenters. The van der Waals surface area contributed by atoms with Crippen molar-refractivity contribution in [2.45, 2.75) is 17.4 Å². The summed E-state index contributed by atoms with van der Waals surface area (Å²) < 4.78 is 24.1. The van der Waals surface area contributed by atoms with Gasteiger partial charge in [-0.25, -0.2) is 13.4 Å². The van der Waals surface area contributed by atoms with Gasteiger partial charge in [-0.3, -0.25) is 0 Å². The molecule has 1 aliphatic rings. The Kier molecular flexibility index (Phi) is 3.40. The first-order chi connectivity index (χ1) is 9.58. The lowest BCUT2D eigenvalue weighted by Crippen LogP contribution is -2.24. The van der Waals surface area contributed by atoms with E-state index in [1.54, 1.807) is 24.4 Å². The first kappa shape index (κ1) is 13.4. The SMILES string of the molecule is O=S1(=O)CCC(Nc2cccnc2Cl)c2ccccc21. The maximum absolute atomic E-state index is 12.1. The Morgan fingerprint density at radius 1 is 1.20 bits per heavy atom. The fraction of sp³-hybridized carbons (Fsp3) is 0.214. The van der Waals surface area contributed by atoms with Crippen LogP contribution >= 0.6 is 11.6 Å². The molecule has 0 spiro atoms. The third-order valence-corrected chi connectivity index (χ3v) is 5.51. The van der Waals surface area contributed by atoms with Gasteiger partial charge in [0.1, 0.15) is 0 Å². The normalized spacial score (nSPS) is 20.1. The van der Waals surface area contributed by atoms with Crippen LogP contribution in [-0.2, 0) is 9.84 Å². The number of nitrogens with one attached hydrogen (secondary N) is 1. The van der Waals surface area contributed by atoms with Crippen LogP contribution in [0.4, 0.5) is 5.69 Å². The van der Waals surface area contributed by atoms with Gasteiger partial charge in [-0.15, -0.1) is 0 Å². The van der Waals surface area contributed by atoms with Crippen LogP contribution in [0.15, 0.2) is 47.5 Å². The van der Waals surface area contributed by atoms with E-state index in [2.05, 4.69) is 10.3 Å². The molecule has 2 heterocycles. The van der Waals surface area contributed by atoms with Gasteiger partial charge in [0.25, 0.3) is 0 Å². The van der Waals surface area contributed by atoms with Crippen molar-refractivity contribution >= 4 is 27.1 Å². The Bertz CT molecular complexity index is 746. The average Bonchev–Trinajstić information content (AvgIpc) is 2.44. The molecule has 0 radical (unpaired) electrons. The first-order valence-corrected chi connectivity index (χ1v) is 8.30. The first-order valence-electron chi connectivity index (χ1n) is 6.27. The lowest BCUT2D eigenvalue weighted by molar-refractivity contribution is 0.576. The van der Waals surface area contributed by atoms with Gasteiger partial charge in [-0.1, -0.05) is 29.8 Å². The van der Waals surface area contributed by atoms with Crippen molar-refractivity contribution in [2.24, 2.45) is 0 Å². The molecular formula is C14H13ClN2O2S. The van der Waals surface area contributed by atoms with E-state index in [1.165, 1.54) is 0 Å². The molecule has 0 amide bonds. The standard InChI is InChI=1S/C14H13ClN2O2S/c15-14-12(5-3-8-16-14)17-11-7-9-20(18,19)13-6-2-1-4-10(11)13/h1-6,8,11,17H,7,9H2. The van der Waals surface area contributed by atoms with Crippen LogP contribution in [0.1, 0.15) is 18.0 Å². The molecule has 4 nitrogen and oxygen atoms in total. The summed E-state index contributed by atoms with van der Waals surface area (Å²) in [5.41, 5.74) is 1.51. The summed E-state index contributed by atoms with van der Waals surface area (Å²) in [5, 5.41) is 3.67. The number of aromatic nitrogens is 1. The Morgan fingerprint density at radius 2 is 2.00 bits per heavy atom. The van der Waals surface area contributed by atoms with Crippen molar-refractivity contribution in [1.29, 1.82) is 0 Å². The topological polar surface area (TPSA) is 59.1 Å². The molecule has 1 atom stereocenters. The van der Waals surface area contributed by atoms with Crippen molar-refractivity contribution in [3.63, 3.8) is 0 Å². The number of halogens is 1. The molecule has 0 aliphatic carbocycles. The zero-order chi connectivity index (χ0) is 14.2. The fourth-order valence-corrected chi connectivity index (χ4v) is 4.22. The summed E-state index contributed by atoms with van der Waals surface area (Å²) in [5.74, 6) is 0.138. The van der Waals surface area contributed by atoms with Crippen LogP contribution in [-0.4, -0.2) is 19.2 Å². The molecule has 0 fully saturated rings. The number of rotatable bonds is 2. The third kappa shape index (κ3) is 2.39. The van der Waals surface area contributed by atoms with Gasteiger partial charge in [0, 0.05) is 6.20 Å². The Balaban J connectivity index is 1.99. The highest BCUT2D eigenvalue weighted by Crippen LogP contribution is 2.35. The van der Waals surface area contributed by atoms with E-state index >= 15 is 0 Å². The number of hydrogen-bond acceptors (Lipinski definition) is 4. The van der Waals surface area contributed by atoms with E-state index in [4.69, 9.17) is 11.6 Å². The largest absolute Gasteiger partial charge is 0.376 e. The fourth-order valence-electron chi connectivity index (χ4n) is 2.42. The van der Waals surface area contributed by atoms with E-state index in [0.29, 0.717) is 22.2 Å². The van der Waals surface area contributed by atoms with Crippen LogP contribution in [0.3, 0.4) is 0 Å². The highest BCUT2D eigenvalue weighted by Gasteiger charge is 2.30. The number of pyridine rings is 1. The summed E-state index contributed by atoms with van der Waals surface area (Å²) in [6, 6.07) is 10.6. The lowest BCUT2D eigenvalue weighted by Gasteiger charge is -2.27. The molecular weight excluding hydrogens is 296 g/mol. The smallest absolute Gasteiger partial charge is 0.178 e. The number of nitrogens with zero attached hydrogens (tertiary/aromatic N) is 1. The minimum absolute atomic E-state index is 0.0728. The highest BCUT2D eigenvalue weighted by molar-refractivity contribution is 7.91. The summed E-state index contributed by atoms with van der Waals surface area (Å²) in [6.45, 7) is 0. The van der Waals surface area contributed by atoms with Crippen molar-refractivity contribution in [3.8, 4) is 0 Å². The molecule has 104 valence electrons. The molecule has 0 bridgehead atoms. The van der Waals surface area contributed by atoms with E-state index in [9.17, 15) is 8.42 Å². The van der Waals surface area contributed by atoms with Gasteiger partial charge in [-0.05, 0) is 30.2 Å². The molecule has 6 heteroatoms. The number of benzene rings is 1. The average molecular weight is 309 g/mol. The predicted molar refractivity (Wildman–Crippen MR) is 78.7 cm³/mol. The second-order valence-corrected chi connectivity index (χ2v) is 7.12. The molecule has 1 aromatic heterocycles. The summed E-state index contributed by atoms with van der Waals surface area (Å²) in [7, 11) is -3.17. The number of hydrogen-bond donors (Lipinski definition) is 1. The Hall–Kier alpha value is -1.59. The van der Waals surface area contributed by atoms with Gasteiger partial charge in [0.2, 0.25) is 0 Å². The molecule has 3 rings (SSSR count). The summed E-state index contributed by atoms with van der Waals surface area (Å²) >= 11 is 6.03. The van der Waals surface area contributed by atoms with Gasteiger partial charge >= 0.3 is 0 Å². The molecule has 0 saturated heterocycles. The number of sulfone groups is 1. The van der Waals surface area contributed by atoms with E-state index in [-0.39, 0.29) is 11.8 Å². The quantitative estimate of drug-likeness (QED) is 0.866. The van der Waals surface area contributed by atoms with Crippen LogP contribution < -0.4 is 5.32 Å². The lowest BCUT2D eigenvalue weighted by atomic mass is 10.0. The Morgan fingerprint density at radius 3 is 2.80 bits per heavy atom. The van der Waals surface area contributed by atoms with Gasteiger partial charge in [0.15, 0.2) is 15.0 Å². The minimum Gasteiger partial charge on any atom is -0.376 e. The van der Waals surface area contributed by atoms with Gasteiger partial charge in [-0.2, -0.15) is 0 Å². The third-order valence-electron chi connectivity index (χ3n) is 3.39. The summed E-state index contributed by atoms with van der Waals surface area (Å²) in [6.07, 6.45) is 2.14. The number of fused-ring (bicyclic) bond motifs is 1. The van der Waals surface area contributed by atoms with Crippen LogP contribution in [0.5, 0.6) is 0 Å². The van der Waals surface area contributed by atoms with Crippen molar-refractivity contribution < 1.29 is 8.42 Å². The second kappa shape index (κ2) is 5.07. The monoisotopic (exact) mass is 308 g/mol. The zero-order valence-corrected chi connectivity index (χ0v) is 12.2. The van der Waals surface area contributed by atoms with Crippen LogP contribution in [0, 0.1) is 0 Å². The van der Waals surface area contributed by atoms with Crippen molar-refractivity contribution in [1.82, 2.24) is 4.98 Å². The highest BCUT2D eigenvalue weighted by atomic mass is 35.5. The van der Waals surface area contributed by atoms with E-state index in [1.807, 2.05) is 18.2 Å². The number of anilines is 1. The summed E-state index contributed by atoms with van der Waals surface area (Å²) in [4.78, 5) is 4.42. The van der Waals surface area contributed by atoms with Crippen molar-refractivity contribution in [3.05, 3.63) is 53.3 Å². The molecule has 1 N–H and O–H groups in total. The van der Waals surface area contributed by atoms with E-state index < -0.39 is 9.84 Å². The molecule has 20 heavy (non-hydrogen) atoms. The minimum atomic E-state index is -3.17. The van der Waals surface area contributed by atoms with Crippen LogP contribution in [0.2, 0.25) is 5.15 Å².